The first kappa shape index (κ1) is 53.5. The molecular weight excluding hydrogens is 822 g/mol. The van der Waals surface area contributed by atoms with E-state index < -0.39 is 83.8 Å². The SMILES string of the molecule is C[C@]12CCC(=O)C=C1CCC1C2[C@H](O)C[C@@]2(C)C1CC[C@]2(O)C(=O)CO.C[C@]12CCC(=O)C=C1CC[C@@H]1C3CC[C@](O)(C(=O)CO)[C@@]3(C)C[C@@H](O)[C@H]12.O=C([O-])CCC(=O)[O-].[Na+].[Na+]. The number of aliphatic hydroxyl groups excluding tert-OH is 4. The summed E-state index contributed by atoms with van der Waals surface area (Å²) in [6.07, 6.45) is 10.5. The number of carboxylic acid groups (broad SMARTS) is 2. The van der Waals surface area contributed by atoms with Crippen molar-refractivity contribution < 1.29 is 129 Å². The number of allylic oxidation sites excluding steroid dienone is 2. The Bertz CT molecular complexity index is 1720. The zero-order valence-electron chi connectivity index (χ0n) is 37.5. The Balaban J connectivity index is 0.000000226. The molecule has 14 nitrogen and oxygen atoms in total. The molecule has 6 N–H and O–H groups in total. The molecular formula is C46H64Na2O14. The Morgan fingerprint density at radius 3 is 1.24 bits per heavy atom. The van der Waals surface area contributed by atoms with Gasteiger partial charge in [-0.05, 0) is 148 Å². The number of fused-ring (bicyclic) bond motifs is 10. The van der Waals surface area contributed by atoms with Crippen LogP contribution in [0.2, 0.25) is 0 Å². The van der Waals surface area contributed by atoms with Crippen LogP contribution >= 0.6 is 0 Å². The second-order valence-electron chi connectivity index (χ2n) is 20.4. The fourth-order valence-corrected chi connectivity index (χ4v) is 14.8. The van der Waals surface area contributed by atoms with Gasteiger partial charge in [-0.2, -0.15) is 0 Å². The van der Waals surface area contributed by atoms with E-state index in [1.54, 1.807) is 12.2 Å². The number of ketones is 4. The van der Waals surface area contributed by atoms with E-state index in [4.69, 9.17) is 0 Å². The molecule has 0 aromatic carbocycles. The van der Waals surface area contributed by atoms with E-state index in [0.717, 1.165) is 51.4 Å². The van der Waals surface area contributed by atoms with Crippen molar-refractivity contribution in [3.63, 3.8) is 0 Å². The standard InChI is InChI=1S/2C21H30O5.C4H6O4.2Na/c2*1-19-7-5-13(23)9-12(19)3-4-14-15-6-8-21(26,17(25)11-22)20(15,2)10-16(24)18(14)19;5-3(6)1-2-4(7)8;;/h2*9,14-16,18,22,24,26H,3-8,10-11H2,1-2H3;1-2H2,(H,5,6)(H,7,8);;/q;;;2*+1/p-2/t14?,15?,16-,18?,19+,20+,21+;14-,15?,16-,18+,19+,20+,21+;;;/m11.../s1. The summed E-state index contributed by atoms with van der Waals surface area (Å²) in [5.41, 5.74) is -2.46. The molecule has 0 bridgehead atoms. The van der Waals surface area contributed by atoms with Gasteiger partial charge in [0.2, 0.25) is 0 Å². The molecule has 4 unspecified atom stereocenters. The third-order valence-corrected chi connectivity index (χ3v) is 17.8. The summed E-state index contributed by atoms with van der Waals surface area (Å²) in [5, 5.41) is 82.5. The van der Waals surface area contributed by atoms with Crippen LogP contribution < -0.4 is 69.3 Å². The molecule has 16 heteroatoms. The minimum atomic E-state index is -1.54. The van der Waals surface area contributed by atoms with Gasteiger partial charge in [0.1, 0.15) is 24.4 Å². The van der Waals surface area contributed by atoms with Crippen LogP contribution in [0.25, 0.3) is 0 Å². The van der Waals surface area contributed by atoms with Crippen LogP contribution in [0.3, 0.4) is 0 Å². The smallest absolute Gasteiger partial charge is 0.550 e. The number of carboxylic acids is 2. The Labute approximate surface area is 408 Å². The predicted octanol–water partition coefficient (Wildman–Crippen LogP) is -5.16. The van der Waals surface area contributed by atoms with Crippen LogP contribution in [-0.4, -0.2) is 102 Å². The molecule has 0 saturated heterocycles. The maximum Gasteiger partial charge on any atom is 1.00 e. The molecule has 334 valence electrons. The zero-order valence-corrected chi connectivity index (χ0v) is 41.5. The Hall–Kier alpha value is -1.14. The number of hydrogen-bond acceptors (Lipinski definition) is 14. The van der Waals surface area contributed by atoms with Gasteiger partial charge in [-0.3, -0.25) is 19.2 Å². The Morgan fingerprint density at radius 2 is 0.935 bits per heavy atom. The molecule has 0 aliphatic heterocycles. The number of aliphatic carboxylic acids is 2. The summed E-state index contributed by atoms with van der Waals surface area (Å²) < 4.78 is 0. The molecule has 6 fully saturated rings. The van der Waals surface area contributed by atoms with Gasteiger partial charge in [0.25, 0.3) is 0 Å². The quantitative estimate of drug-likeness (QED) is 0.131. The summed E-state index contributed by atoms with van der Waals surface area (Å²) in [4.78, 5) is 67.5. The van der Waals surface area contributed by atoms with E-state index in [1.807, 2.05) is 13.8 Å². The maximum absolute atomic E-state index is 12.4. The van der Waals surface area contributed by atoms with Gasteiger partial charge in [-0.15, -0.1) is 0 Å². The number of carbonyl (C=O) groups is 6. The molecule has 0 aromatic heterocycles. The van der Waals surface area contributed by atoms with E-state index in [9.17, 15) is 69.6 Å². The van der Waals surface area contributed by atoms with E-state index in [0.29, 0.717) is 38.5 Å². The first-order valence-electron chi connectivity index (χ1n) is 21.9. The van der Waals surface area contributed by atoms with Gasteiger partial charge in [0, 0.05) is 35.6 Å². The summed E-state index contributed by atoms with van der Waals surface area (Å²) in [5.74, 6) is -2.45. The molecule has 8 aliphatic carbocycles. The van der Waals surface area contributed by atoms with Gasteiger partial charge in [0.05, 0.1) is 12.2 Å². The molecule has 0 heterocycles. The van der Waals surface area contributed by atoms with Crippen LogP contribution in [0.1, 0.15) is 130 Å². The fraction of sp³-hybridized carbons (Fsp3) is 0.783. The number of rotatable bonds is 7. The number of hydrogen-bond donors (Lipinski definition) is 6. The van der Waals surface area contributed by atoms with Gasteiger partial charge in [-0.25, -0.2) is 0 Å². The van der Waals surface area contributed by atoms with Gasteiger partial charge in [-0.1, -0.05) is 38.8 Å². The average molecular weight is 887 g/mol. The third-order valence-electron chi connectivity index (χ3n) is 17.8. The van der Waals surface area contributed by atoms with E-state index in [1.165, 1.54) is 11.1 Å². The summed E-state index contributed by atoms with van der Waals surface area (Å²) >= 11 is 0. The third kappa shape index (κ3) is 8.77. The first-order chi connectivity index (χ1) is 28.0. The van der Waals surface area contributed by atoms with Crippen LogP contribution in [0.4, 0.5) is 0 Å². The largest absolute Gasteiger partial charge is 1.00 e. The monoisotopic (exact) mass is 886 g/mol. The minimum absolute atomic E-state index is 0. The van der Waals surface area contributed by atoms with Crippen molar-refractivity contribution in [1.82, 2.24) is 0 Å². The van der Waals surface area contributed by atoms with Gasteiger partial charge < -0.3 is 50.4 Å². The summed E-state index contributed by atoms with van der Waals surface area (Å²) in [6, 6.07) is 0. The van der Waals surface area contributed by atoms with Gasteiger partial charge in [0.15, 0.2) is 23.1 Å². The van der Waals surface area contributed by atoms with Crippen molar-refractivity contribution >= 4 is 35.1 Å². The normalized spacial score (nSPS) is 43.5. The van der Waals surface area contributed by atoms with E-state index in [-0.39, 0.29) is 117 Å². The van der Waals surface area contributed by atoms with Crippen molar-refractivity contribution in [3.8, 4) is 0 Å². The second-order valence-corrected chi connectivity index (χ2v) is 20.4. The molecule has 0 spiro atoms. The van der Waals surface area contributed by atoms with E-state index >= 15 is 0 Å². The minimum Gasteiger partial charge on any atom is -0.550 e. The molecule has 0 amide bonds. The molecule has 0 aromatic rings. The van der Waals surface area contributed by atoms with Crippen molar-refractivity contribution in [2.45, 2.75) is 154 Å². The van der Waals surface area contributed by atoms with E-state index in [2.05, 4.69) is 13.8 Å². The number of aliphatic hydroxyl groups is 6. The molecule has 8 aliphatic rings. The van der Waals surface area contributed by atoms with Crippen LogP contribution in [-0.2, 0) is 28.8 Å². The van der Waals surface area contributed by atoms with Crippen molar-refractivity contribution in [2.75, 3.05) is 13.2 Å². The Morgan fingerprint density at radius 1 is 0.597 bits per heavy atom. The molecule has 0 radical (unpaired) electrons. The van der Waals surface area contributed by atoms with Crippen molar-refractivity contribution in [2.24, 2.45) is 57.2 Å². The van der Waals surface area contributed by atoms with Crippen molar-refractivity contribution in [3.05, 3.63) is 23.3 Å². The zero-order chi connectivity index (χ0) is 44.4. The Kier molecular flexibility index (Phi) is 16.9. The maximum atomic E-state index is 12.4. The summed E-state index contributed by atoms with van der Waals surface area (Å²) in [7, 11) is 0. The number of carbonyl (C=O) groups excluding carboxylic acids is 6. The summed E-state index contributed by atoms with van der Waals surface area (Å²) in [6.45, 7) is 6.92. The first-order valence-corrected chi connectivity index (χ1v) is 21.9. The second kappa shape index (κ2) is 19.6. The van der Waals surface area contributed by atoms with Crippen molar-refractivity contribution in [1.29, 1.82) is 0 Å². The molecule has 14 atom stereocenters. The molecule has 6 saturated carbocycles. The van der Waals surface area contributed by atoms with Gasteiger partial charge >= 0.3 is 59.1 Å². The topological polar surface area (TPSA) is 270 Å². The predicted molar refractivity (Wildman–Crippen MR) is 210 cm³/mol. The molecule has 8 rings (SSSR count). The fourth-order valence-electron chi connectivity index (χ4n) is 14.8. The molecule has 62 heavy (non-hydrogen) atoms. The average Bonchev–Trinajstić information content (AvgIpc) is 3.62. The van der Waals surface area contributed by atoms with Crippen LogP contribution in [0, 0.1) is 57.2 Å². The number of Topliss-reactive ketones (excluding diaryl/α,β-unsaturated/α-hetero) is 2. The van der Waals surface area contributed by atoms with Crippen LogP contribution in [0.15, 0.2) is 23.3 Å². The van der Waals surface area contributed by atoms with Crippen LogP contribution in [0.5, 0.6) is 0 Å².